The van der Waals surface area contributed by atoms with Crippen molar-refractivity contribution in [3.8, 4) is 11.5 Å². The van der Waals surface area contributed by atoms with Crippen LogP contribution in [0.25, 0.3) is 0 Å². The quantitative estimate of drug-likeness (QED) is 0.0289. The summed E-state index contributed by atoms with van der Waals surface area (Å²) in [5.41, 5.74) is 7.60. The molecule has 1 aromatic carbocycles. The molecule has 0 saturated heterocycles. The maximum atomic E-state index is 12.7. The van der Waals surface area contributed by atoms with E-state index in [2.05, 4.69) is 47.0 Å². The van der Waals surface area contributed by atoms with E-state index in [1.54, 1.807) is 120 Å². The highest BCUT2D eigenvalue weighted by atomic mass is 32.2. The van der Waals surface area contributed by atoms with Crippen molar-refractivity contribution in [3.63, 3.8) is 0 Å². The molecule has 3 aromatic heterocycles. The number of esters is 3. The van der Waals surface area contributed by atoms with Gasteiger partial charge in [-0.3, -0.25) is 34.1 Å². The number of nitrogens with one attached hydrogen (secondary N) is 3. The molecule has 3 heterocycles. The number of ether oxygens (including phenoxy) is 4. The maximum Gasteiger partial charge on any atom is 0.334 e. The monoisotopic (exact) mass is 1090 g/mol. The number of rotatable bonds is 26. The number of nitrogens with two attached hydrogens (primary N) is 1. The number of benzene rings is 1. The number of carboxylic acid groups (broad SMARTS) is 1. The number of pyridine rings is 3. The first-order valence-corrected chi connectivity index (χ1v) is 27.9. The zero-order valence-corrected chi connectivity index (χ0v) is 45.4. The van der Waals surface area contributed by atoms with Crippen LogP contribution in [0.2, 0.25) is 0 Å². The van der Waals surface area contributed by atoms with Crippen molar-refractivity contribution in [2.75, 3.05) is 69.4 Å². The third kappa shape index (κ3) is 26.9. The number of carboxylic acids is 1. The van der Waals surface area contributed by atoms with Crippen LogP contribution in [0.3, 0.4) is 0 Å². The summed E-state index contributed by atoms with van der Waals surface area (Å²) < 4.78 is 20.0. The lowest BCUT2D eigenvalue weighted by atomic mass is 10.1. The Balaban J connectivity index is 0.000000518. The van der Waals surface area contributed by atoms with Crippen molar-refractivity contribution >= 4 is 88.6 Å². The molecular weight excluding hydrogens is 1020 g/mol. The standard InChI is InChI=1S/C21H24N2O4S.C12H16N2O3S.C11H14N2O3S.C6H13NO2S/c1-4-6-15-8-9-18(19(13-15)26-2)27-21(25)17(10-12-28-3)23-20(24)16-7-5-11-22-14-16;1-17-12(16)10(5-7-18-2)14-11(15)9-4-3-6-13-8-9;1-17-6-4-9(11(15)16)13-10(14)8-3-2-5-12-7-8;1-9-6(8)5(7)3-4-10-2/h4-5,7-9,11,13-14,17H,1,6,10,12H2,2-3H3,(H,23,24);3-4,6,8,10H,5,7H2,1-2H3,(H,14,15);2-3,5,7,9H,4,6H2,1H3,(H,13,14)(H,15,16);5H,3-4,7H2,1-2H3. The van der Waals surface area contributed by atoms with Gasteiger partial charge in [0.05, 0.1) is 38.0 Å². The summed E-state index contributed by atoms with van der Waals surface area (Å²) in [7, 11) is 4.17. The highest BCUT2D eigenvalue weighted by Gasteiger charge is 2.25. The van der Waals surface area contributed by atoms with Crippen LogP contribution in [0.5, 0.6) is 11.5 Å². The third-order valence-electron chi connectivity index (χ3n) is 9.54. The van der Waals surface area contributed by atoms with E-state index in [0.29, 0.717) is 71.8 Å². The predicted octanol–water partition coefficient (Wildman–Crippen LogP) is 5.64. The van der Waals surface area contributed by atoms with Crippen molar-refractivity contribution in [1.29, 1.82) is 0 Å². The number of allylic oxidation sites excluding steroid dienone is 1. The lowest BCUT2D eigenvalue weighted by molar-refractivity contribution is -0.143. The summed E-state index contributed by atoms with van der Waals surface area (Å²) >= 11 is 6.41. The van der Waals surface area contributed by atoms with Gasteiger partial charge in [0.25, 0.3) is 17.7 Å². The van der Waals surface area contributed by atoms with E-state index in [9.17, 15) is 33.6 Å². The molecule has 19 nitrogen and oxygen atoms in total. The Labute approximate surface area is 444 Å². The second kappa shape index (κ2) is 39.4. The van der Waals surface area contributed by atoms with E-state index in [0.717, 1.165) is 17.1 Å². The number of aromatic nitrogens is 3. The van der Waals surface area contributed by atoms with Crippen LogP contribution in [0, 0.1) is 0 Å². The third-order valence-corrected chi connectivity index (χ3v) is 12.1. The summed E-state index contributed by atoms with van der Waals surface area (Å²) in [5.74, 6) is 0.402. The second-order valence-corrected chi connectivity index (χ2v) is 18.8. The largest absolute Gasteiger partial charge is 0.493 e. The van der Waals surface area contributed by atoms with Gasteiger partial charge in [-0.2, -0.15) is 47.0 Å². The molecule has 6 N–H and O–H groups in total. The normalized spacial score (nSPS) is 11.7. The minimum atomic E-state index is -1.02. The van der Waals surface area contributed by atoms with Gasteiger partial charge in [-0.1, -0.05) is 12.1 Å². The molecule has 23 heteroatoms. The fraction of sp³-hybridized carbons (Fsp3) is 0.400. The lowest BCUT2D eigenvalue weighted by Crippen LogP contribution is -2.43. The number of hydrogen-bond donors (Lipinski definition) is 5. The van der Waals surface area contributed by atoms with Crippen LogP contribution in [0.15, 0.2) is 104 Å². The van der Waals surface area contributed by atoms with Crippen LogP contribution in [0.1, 0.15) is 62.3 Å². The van der Waals surface area contributed by atoms with Crippen LogP contribution in [-0.2, 0) is 35.1 Å². The number of carbonyl (C=O) groups excluding carboxylic acids is 6. The molecule has 4 rings (SSSR count). The molecule has 73 heavy (non-hydrogen) atoms. The van der Waals surface area contributed by atoms with Crippen LogP contribution in [0.4, 0.5) is 0 Å². The topological polar surface area (TPSA) is 277 Å². The van der Waals surface area contributed by atoms with Gasteiger partial charge < -0.3 is 45.7 Å². The molecule has 4 atom stereocenters. The average Bonchev–Trinajstić information content (AvgIpc) is 3.42. The number of methoxy groups -OCH3 is 3. The zero-order valence-electron chi connectivity index (χ0n) is 42.1. The summed E-state index contributed by atoms with van der Waals surface area (Å²) in [6.45, 7) is 3.71. The Morgan fingerprint density at radius 1 is 0.603 bits per heavy atom. The molecule has 0 saturated carbocycles. The Hall–Kier alpha value is -6.14. The summed E-state index contributed by atoms with van der Waals surface area (Å²) in [5, 5.41) is 16.8. The number of carbonyl (C=O) groups is 7. The predicted molar refractivity (Wildman–Crippen MR) is 291 cm³/mol. The Morgan fingerprint density at radius 2 is 1.01 bits per heavy atom. The number of amides is 3. The molecule has 0 aliphatic heterocycles. The molecule has 0 bridgehead atoms. The van der Waals surface area contributed by atoms with Gasteiger partial charge in [0, 0.05) is 37.2 Å². The first-order valence-electron chi connectivity index (χ1n) is 22.4. The van der Waals surface area contributed by atoms with Crippen molar-refractivity contribution in [2.24, 2.45) is 5.73 Å². The molecule has 4 unspecified atom stereocenters. The highest BCUT2D eigenvalue weighted by molar-refractivity contribution is 7.99. The van der Waals surface area contributed by atoms with Gasteiger partial charge in [0.1, 0.15) is 24.2 Å². The highest BCUT2D eigenvalue weighted by Crippen LogP contribution is 2.29. The van der Waals surface area contributed by atoms with E-state index in [-0.39, 0.29) is 17.8 Å². The van der Waals surface area contributed by atoms with Gasteiger partial charge in [-0.05, 0) is 134 Å². The number of hydrogen-bond acceptors (Lipinski definition) is 19. The fourth-order valence-electron chi connectivity index (χ4n) is 5.60. The van der Waals surface area contributed by atoms with Crippen LogP contribution in [-0.4, -0.2) is 155 Å². The minimum absolute atomic E-state index is 0.310. The van der Waals surface area contributed by atoms with E-state index in [1.165, 1.54) is 39.9 Å². The Kier molecular flexibility index (Phi) is 35.0. The number of nitrogens with zero attached hydrogens (tertiary/aromatic N) is 3. The molecule has 0 aliphatic carbocycles. The van der Waals surface area contributed by atoms with E-state index >= 15 is 0 Å². The van der Waals surface area contributed by atoms with Crippen LogP contribution < -0.4 is 31.2 Å². The first-order chi connectivity index (χ1) is 35.1. The van der Waals surface area contributed by atoms with E-state index in [4.69, 9.17) is 20.3 Å². The van der Waals surface area contributed by atoms with Gasteiger partial charge in [-0.25, -0.2) is 14.4 Å². The van der Waals surface area contributed by atoms with Crippen LogP contribution >= 0.6 is 47.0 Å². The molecule has 3 amide bonds. The van der Waals surface area contributed by atoms with E-state index < -0.39 is 48.0 Å². The molecule has 0 fully saturated rings. The molecule has 4 aromatic rings. The zero-order chi connectivity index (χ0) is 54.4. The second-order valence-electron chi connectivity index (χ2n) is 14.8. The van der Waals surface area contributed by atoms with Crippen molar-refractivity contribution < 1.29 is 57.6 Å². The molecule has 0 radical (unpaired) electrons. The smallest absolute Gasteiger partial charge is 0.334 e. The van der Waals surface area contributed by atoms with Gasteiger partial charge in [0.15, 0.2) is 11.5 Å². The number of aliphatic carboxylic acids is 1. The van der Waals surface area contributed by atoms with Gasteiger partial charge in [-0.15, -0.1) is 6.58 Å². The average molecular weight is 1090 g/mol. The Bertz CT molecular complexity index is 2270. The lowest BCUT2D eigenvalue weighted by Gasteiger charge is -2.18. The van der Waals surface area contributed by atoms with Crippen molar-refractivity contribution in [3.05, 3.63) is 127 Å². The minimum Gasteiger partial charge on any atom is -0.493 e. The molecule has 0 spiro atoms. The van der Waals surface area contributed by atoms with Crippen molar-refractivity contribution in [2.45, 2.75) is 56.3 Å². The summed E-state index contributed by atoms with van der Waals surface area (Å²) in [6.07, 6.45) is 21.3. The fourth-order valence-corrected chi connectivity index (χ4v) is 7.51. The molecule has 398 valence electrons. The van der Waals surface area contributed by atoms with Gasteiger partial charge in [0.2, 0.25) is 0 Å². The van der Waals surface area contributed by atoms with Crippen molar-refractivity contribution in [1.82, 2.24) is 30.9 Å². The Morgan fingerprint density at radius 3 is 1.38 bits per heavy atom. The maximum absolute atomic E-state index is 12.7. The first kappa shape index (κ1) is 64.9. The van der Waals surface area contributed by atoms with E-state index in [1.807, 2.05) is 31.1 Å². The number of thioether (sulfide) groups is 4. The SMILES string of the molecule is C=CCc1ccc(OC(=O)C(CCSC)NC(=O)c2cccnc2)c(OC)c1.COC(=O)C(CCSC)NC(=O)c1cccnc1.COC(=O)C(N)CCSC.CSCCC(NC(=O)c1cccnc1)C(=O)O. The molecule has 0 aliphatic rings. The summed E-state index contributed by atoms with van der Waals surface area (Å²) in [4.78, 5) is 93.4. The summed E-state index contributed by atoms with van der Waals surface area (Å²) in [6, 6.07) is 12.5. The molecular formula is C50H67N7O12S4. The van der Waals surface area contributed by atoms with Gasteiger partial charge >= 0.3 is 23.9 Å².